The first-order valence-corrected chi connectivity index (χ1v) is 6.93. The van der Waals surface area contributed by atoms with Gasteiger partial charge in [-0.05, 0) is 29.3 Å². The molecule has 0 fully saturated rings. The Bertz CT molecular complexity index is 606. The fourth-order valence-corrected chi connectivity index (χ4v) is 2.32. The lowest BCUT2D eigenvalue weighted by Crippen LogP contribution is -2.07. The Balaban J connectivity index is 2.03. The van der Waals surface area contributed by atoms with E-state index in [4.69, 9.17) is 27.9 Å². The SMILES string of the molecule is COc1ccc(CC(=O)Cc2cccc(Cl)c2Cl)cc1. The Morgan fingerprint density at radius 1 is 1.05 bits per heavy atom. The molecule has 0 aromatic heterocycles. The number of hydrogen-bond acceptors (Lipinski definition) is 2. The van der Waals surface area contributed by atoms with Gasteiger partial charge in [0, 0.05) is 12.8 Å². The van der Waals surface area contributed by atoms with Crippen LogP contribution < -0.4 is 4.74 Å². The second kappa shape index (κ2) is 6.78. The minimum atomic E-state index is 0.0966. The molecule has 0 N–H and O–H groups in total. The lowest BCUT2D eigenvalue weighted by molar-refractivity contribution is -0.117. The van der Waals surface area contributed by atoms with Crippen molar-refractivity contribution < 1.29 is 9.53 Å². The molecule has 0 aliphatic heterocycles. The second-order valence-corrected chi connectivity index (χ2v) is 5.24. The number of ether oxygens (including phenoxy) is 1. The molecule has 4 heteroatoms. The first kappa shape index (κ1) is 14.9. The molecule has 0 saturated carbocycles. The average molecular weight is 309 g/mol. The van der Waals surface area contributed by atoms with Crippen LogP contribution in [-0.2, 0) is 17.6 Å². The molecule has 0 amide bonds. The van der Waals surface area contributed by atoms with Crippen LogP contribution in [0.5, 0.6) is 5.75 Å². The van der Waals surface area contributed by atoms with Gasteiger partial charge >= 0.3 is 0 Å². The van der Waals surface area contributed by atoms with Gasteiger partial charge in [-0.15, -0.1) is 0 Å². The van der Waals surface area contributed by atoms with Gasteiger partial charge in [0.1, 0.15) is 11.5 Å². The summed E-state index contributed by atoms with van der Waals surface area (Å²) >= 11 is 12.0. The summed E-state index contributed by atoms with van der Waals surface area (Å²) < 4.78 is 5.08. The van der Waals surface area contributed by atoms with Crippen LogP contribution in [0.25, 0.3) is 0 Å². The first-order valence-electron chi connectivity index (χ1n) is 6.17. The Labute approximate surface area is 128 Å². The number of carbonyl (C=O) groups excluding carboxylic acids is 1. The number of halogens is 2. The fraction of sp³-hybridized carbons (Fsp3) is 0.188. The molecule has 0 unspecified atom stereocenters. The smallest absolute Gasteiger partial charge is 0.141 e. The van der Waals surface area contributed by atoms with Crippen molar-refractivity contribution in [2.45, 2.75) is 12.8 Å². The molecule has 0 spiro atoms. The van der Waals surface area contributed by atoms with Crippen LogP contribution in [0.15, 0.2) is 42.5 Å². The lowest BCUT2D eigenvalue weighted by Gasteiger charge is -2.06. The van der Waals surface area contributed by atoms with Crippen LogP contribution in [0.3, 0.4) is 0 Å². The average Bonchev–Trinajstić information content (AvgIpc) is 2.45. The molecule has 0 aliphatic carbocycles. The van der Waals surface area contributed by atoms with Gasteiger partial charge in [0.2, 0.25) is 0 Å². The molecule has 2 aromatic carbocycles. The number of ketones is 1. The topological polar surface area (TPSA) is 26.3 Å². The maximum absolute atomic E-state index is 12.1. The van der Waals surface area contributed by atoms with Crippen LogP contribution in [-0.4, -0.2) is 12.9 Å². The molecule has 104 valence electrons. The molecule has 0 radical (unpaired) electrons. The van der Waals surface area contributed by atoms with Crippen molar-refractivity contribution in [1.82, 2.24) is 0 Å². The Kier molecular flexibility index (Phi) is 5.05. The van der Waals surface area contributed by atoms with Gasteiger partial charge in [-0.2, -0.15) is 0 Å². The number of benzene rings is 2. The lowest BCUT2D eigenvalue weighted by atomic mass is 10.0. The normalized spacial score (nSPS) is 10.3. The van der Waals surface area contributed by atoms with Gasteiger partial charge in [0.25, 0.3) is 0 Å². The minimum Gasteiger partial charge on any atom is -0.497 e. The fourth-order valence-electron chi connectivity index (χ4n) is 1.93. The summed E-state index contributed by atoms with van der Waals surface area (Å²) in [4.78, 5) is 12.1. The highest BCUT2D eigenvalue weighted by molar-refractivity contribution is 6.42. The highest BCUT2D eigenvalue weighted by Crippen LogP contribution is 2.26. The maximum atomic E-state index is 12.1. The second-order valence-electron chi connectivity index (χ2n) is 4.45. The summed E-state index contributed by atoms with van der Waals surface area (Å²) in [7, 11) is 1.61. The van der Waals surface area contributed by atoms with Gasteiger partial charge < -0.3 is 4.74 Å². The zero-order valence-electron chi connectivity index (χ0n) is 11.0. The van der Waals surface area contributed by atoms with Crippen LogP contribution in [0.4, 0.5) is 0 Å². The molecule has 20 heavy (non-hydrogen) atoms. The molecule has 2 aromatic rings. The number of hydrogen-bond donors (Lipinski definition) is 0. The van der Waals surface area contributed by atoms with Crippen molar-refractivity contribution in [2.24, 2.45) is 0 Å². The van der Waals surface area contributed by atoms with Crippen molar-refractivity contribution in [3.05, 3.63) is 63.6 Å². The van der Waals surface area contributed by atoms with E-state index in [-0.39, 0.29) is 12.2 Å². The molecule has 0 atom stereocenters. The van der Waals surface area contributed by atoms with E-state index in [9.17, 15) is 4.79 Å². The van der Waals surface area contributed by atoms with Crippen molar-refractivity contribution >= 4 is 29.0 Å². The molecule has 2 nitrogen and oxygen atoms in total. The van der Waals surface area contributed by atoms with Crippen molar-refractivity contribution in [3.63, 3.8) is 0 Å². The maximum Gasteiger partial charge on any atom is 0.141 e. The van der Waals surface area contributed by atoms with Crippen LogP contribution in [0, 0.1) is 0 Å². The third-order valence-electron chi connectivity index (χ3n) is 2.98. The van der Waals surface area contributed by atoms with Crippen molar-refractivity contribution in [2.75, 3.05) is 7.11 Å². The Hall–Kier alpha value is -1.51. The first-order chi connectivity index (χ1) is 9.60. The summed E-state index contributed by atoms with van der Waals surface area (Å²) in [5.74, 6) is 0.874. The van der Waals surface area contributed by atoms with E-state index in [1.54, 1.807) is 19.2 Å². The van der Waals surface area contributed by atoms with Crippen molar-refractivity contribution in [1.29, 1.82) is 0 Å². The Morgan fingerprint density at radius 2 is 1.75 bits per heavy atom. The number of Topliss-reactive ketones (excluding diaryl/α,β-unsaturated/α-hetero) is 1. The highest BCUT2D eigenvalue weighted by Gasteiger charge is 2.10. The minimum absolute atomic E-state index is 0.0966. The summed E-state index contributed by atoms with van der Waals surface area (Å²) in [5, 5.41) is 0.929. The summed E-state index contributed by atoms with van der Waals surface area (Å²) in [6.07, 6.45) is 0.651. The van der Waals surface area contributed by atoms with E-state index in [0.717, 1.165) is 16.9 Å². The van der Waals surface area contributed by atoms with E-state index < -0.39 is 0 Å². The molecular formula is C16H14Cl2O2. The molecule has 0 heterocycles. The predicted molar refractivity (Wildman–Crippen MR) is 81.9 cm³/mol. The third-order valence-corrected chi connectivity index (χ3v) is 3.84. The van der Waals surface area contributed by atoms with Crippen LogP contribution >= 0.6 is 23.2 Å². The monoisotopic (exact) mass is 308 g/mol. The molecular weight excluding hydrogens is 295 g/mol. The van der Waals surface area contributed by atoms with Gasteiger partial charge in [0.05, 0.1) is 17.2 Å². The largest absolute Gasteiger partial charge is 0.497 e. The van der Waals surface area contributed by atoms with E-state index >= 15 is 0 Å². The molecule has 0 aliphatic rings. The number of carbonyl (C=O) groups is 1. The van der Waals surface area contributed by atoms with Crippen LogP contribution in [0.1, 0.15) is 11.1 Å². The van der Waals surface area contributed by atoms with Gasteiger partial charge in [-0.3, -0.25) is 4.79 Å². The summed E-state index contributed by atoms with van der Waals surface area (Å²) in [5.41, 5.74) is 1.71. The molecule has 0 saturated heterocycles. The van der Waals surface area contributed by atoms with E-state index in [2.05, 4.69) is 0 Å². The highest BCUT2D eigenvalue weighted by atomic mass is 35.5. The van der Waals surface area contributed by atoms with Crippen LogP contribution in [0.2, 0.25) is 10.0 Å². The van der Waals surface area contributed by atoms with E-state index in [1.807, 2.05) is 30.3 Å². The number of methoxy groups -OCH3 is 1. The quantitative estimate of drug-likeness (QED) is 0.820. The van der Waals surface area contributed by atoms with Gasteiger partial charge in [0.15, 0.2) is 0 Å². The zero-order chi connectivity index (χ0) is 14.5. The van der Waals surface area contributed by atoms with E-state index in [1.165, 1.54) is 0 Å². The third kappa shape index (κ3) is 3.75. The Morgan fingerprint density at radius 3 is 2.40 bits per heavy atom. The molecule has 2 rings (SSSR count). The van der Waals surface area contributed by atoms with Gasteiger partial charge in [-0.1, -0.05) is 47.5 Å². The summed E-state index contributed by atoms with van der Waals surface area (Å²) in [6, 6.07) is 12.8. The van der Waals surface area contributed by atoms with Crippen molar-refractivity contribution in [3.8, 4) is 5.75 Å². The van der Waals surface area contributed by atoms with Gasteiger partial charge in [-0.25, -0.2) is 0 Å². The predicted octanol–water partition coefficient (Wildman–Crippen LogP) is 4.36. The number of rotatable bonds is 5. The van der Waals surface area contributed by atoms with E-state index in [0.29, 0.717) is 16.5 Å². The zero-order valence-corrected chi connectivity index (χ0v) is 12.5. The standard InChI is InChI=1S/C16H14Cl2O2/c1-20-14-7-5-11(6-8-14)9-13(19)10-12-3-2-4-15(17)16(12)18/h2-8H,9-10H2,1H3. The molecule has 0 bridgehead atoms. The summed E-state index contributed by atoms with van der Waals surface area (Å²) in [6.45, 7) is 0.